The van der Waals surface area contributed by atoms with Gasteiger partial charge in [0.15, 0.2) is 0 Å². The van der Waals surface area contributed by atoms with Crippen molar-refractivity contribution < 1.29 is 14.7 Å². The molecular formula is C13H21NO3. The van der Waals surface area contributed by atoms with Crippen molar-refractivity contribution in [2.75, 3.05) is 0 Å². The summed E-state index contributed by atoms with van der Waals surface area (Å²) in [5.74, 6) is -1.85. The summed E-state index contributed by atoms with van der Waals surface area (Å²) in [4.78, 5) is 23.1. The lowest BCUT2D eigenvalue weighted by Crippen LogP contribution is -2.43. The van der Waals surface area contributed by atoms with E-state index in [4.69, 9.17) is 5.11 Å². The summed E-state index contributed by atoms with van der Waals surface area (Å²) >= 11 is 0. The maximum atomic E-state index is 12.0. The van der Waals surface area contributed by atoms with Crippen molar-refractivity contribution in [2.24, 2.45) is 11.8 Å². The summed E-state index contributed by atoms with van der Waals surface area (Å²) in [7, 11) is 0. The van der Waals surface area contributed by atoms with Crippen molar-refractivity contribution in [3.05, 3.63) is 12.7 Å². The van der Waals surface area contributed by atoms with Crippen LogP contribution >= 0.6 is 0 Å². The highest BCUT2D eigenvalue weighted by molar-refractivity contribution is 5.85. The van der Waals surface area contributed by atoms with E-state index in [9.17, 15) is 9.59 Å². The third-order valence-corrected chi connectivity index (χ3v) is 3.33. The van der Waals surface area contributed by atoms with Gasteiger partial charge in [-0.25, -0.2) is 0 Å². The van der Waals surface area contributed by atoms with Crippen LogP contribution in [0.4, 0.5) is 0 Å². The number of rotatable bonds is 5. The van der Waals surface area contributed by atoms with E-state index in [2.05, 4.69) is 11.9 Å². The minimum atomic E-state index is -0.846. The lowest BCUT2D eigenvalue weighted by Gasteiger charge is -2.28. The Morgan fingerprint density at radius 3 is 2.53 bits per heavy atom. The highest BCUT2D eigenvalue weighted by Crippen LogP contribution is 2.30. The lowest BCUT2D eigenvalue weighted by molar-refractivity contribution is -0.149. The molecule has 0 heterocycles. The predicted molar refractivity (Wildman–Crippen MR) is 65.5 cm³/mol. The molecule has 17 heavy (non-hydrogen) atoms. The minimum Gasteiger partial charge on any atom is -0.481 e. The van der Waals surface area contributed by atoms with Crippen molar-refractivity contribution in [1.82, 2.24) is 5.32 Å². The zero-order valence-electron chi connectivity index (χ0n) is 10.3. The smallest absolute Gasteiger partial charge is 0.307 e. The molecule has 4 heteroatoms. The first-order valence-corrected chi connectivity index (χ1v) is 6.20. The molecule has 0 bridgehead atoms. The molecule has 1 aliphatic carbocycles. The molecule has 1 aliphatic rings. The summed E-state index contributed by atoms with van der Waals surface area (Å²) in [5, 5.41) is 12.0. The van der Waals surface area contributed by atoms with Crippen LogP contribution in [0.5, 0.6) is 0 Å². The summed E-state index contributed by atoms with van der Waals surface area (Å²) < 4.78 is 0. The second kappa shape index (κ2) is 6.42. The quantitative estimate of drug-likeness (QED) is 0.721. The van der Waals surface area contributed by atoms with Crippen LogP contribution in [-0.4, -0.2) is 23.0 Å². The van der Waals surface area contributed by atoms with Crippen LogP contribution in [0, 0.1) is 11.8 Å². The molecule has 0 spiro atoms. The Hall–Kier alpha value is -1.32. The van der Waals surface area contributed by atoms with Gasteiger partial charge in [0.05, 0.1) is 11.8 Å². The van der Waals surface area contributed by atoms with Crippen LogP contribution < -0.4 is 5.32 Å². The van der Waals surface area contributed by atoms with E-state index < -0.39 is 11.9 Å². The van der Waals surface area contributed by atoms with E-state index in [0.717, 1.165) is 12.8 Å². The molecule has 0 aliphatic heterocycles. The van der Waals surface area contributed by atoms with E-state index in [-0.39, 0.29) is 17.9 Å². The topological polar surface area (TPSA) is 66.4 Å². The van der Waals surface area contributed by atoms with Crippen molar-refractivity contribution in [3.63, 3.8) is 0 Å². The van der Waals surface area contributed by atoms with E-state index in [1.165, 1.54) is 0 Å². The fourth-order valence-corrected chi connectivity index (χ4v) is 2.40. The SMILES string of the molecule is C=CCC(C)NC(=O)C1CCCCC1C(=O)O. The maximum absolute atomic E-state index is 12.0. The third-order valence-electron chi connectivity index (χ3n) is 3.33. The molecule has 0 aromatic carbocycles. The number of nitrogens with one attached hydrogen (secondary N) is 1. The fraction of sp³-hybridized carbons (Fsp3) is 0.692. The Bertz CT molecular complexity index is 301. The van der Waals surface area contributed by atoms with Crippen LogP contribution in [0.15, 0.2) is 12.7 Å². The molecule has 4 nitrogen and oxygen atoms in total. The molecule has 0 aromatic rings. The molecule has 1 fully saturated rings. The number of carboxylic acid groups (broad SMARTS) is 1. The first-order valence-electron chi connectivity index (χ1n) is 6.20. The van der Waals surface area contributed by atoms with Crippen LogP contribution in [0.2, 0.25) is 0 Å². The monoisotopic (exact) mass is 239 g/mol. The van der Waals surface area contributed by atoms with Crippen molar-refractivity contribution >= 4 is 11.9 Å². The Kier molecular flexibility index (Phi) is 5.19. The highest BCUT2D eigenvalue weighted by atomic mass is 16.4. The molecule has 96 valence electrons. The van der Waals surface area contributed by atoms with Crippen molar-refractivity contribution in [2.45, 2.75) is 45.1 Å². The molecule has 1 saturated carbocycles. The molecule has 0 saturated heterocycles. The van der Waals surface area contributed by atoms with E-state index in [1.54, 1.807) is 6.08 Å². The second-order valence-electron chi connectivity index (χ2n) is 4.77. The van der Waals surface area contributed by atoms with Gasteiger partial charge < -0.3 is 10.4 Å². The van der Waals surface area contributed by atoms with E-state index in [1.807, 2.05) is 6.92 Å². The average Bonchev–Trinajstić information content (AvgIpc) is 2.29. The number of carbonyl (C=O) groups is 2. The maximum Gasteiger partial charge on any atom is 0.307 e. The van der Waals surface area contributed by atoms with E-state index in [0.29, 0.717) is 19.3 Å². The van der Waals surface area contributed by atoms with Gasteiger partial charge in [0.25, 0.3) is 0 Å². The molecule has 0 aromatic heterocycles. The number of hydrogen-bond donors (Lipinski definition) is 2. The van der Waals surface area contributed by atoms with Gasteiger partial charge in [0, 0.05) is 6.04 Å². The molecule has 3 atom stereocenters. The predicted octanol–water partition coefficient (Wildman–Crippen LogP) is 1.96. The summed E-state index contributed by atoms with van der Waals surface area (Å²) in [6.07, 6.45) is 5.60. The molecule has 1 amide bonds. The number of carboxylic acids is 1. The molecule has 3 unspecified atom stereocenters. The Morgan fingerprint density at radius 2 is 2.00 bits per heavy atom. The Balaban J connectivity index is 2.58. The third kappa shape index (κ3) is 3.88. The summed E-state index contributed by atoms with van der Waals surface area (Å²) in [6.45, 7) is 5.52. The van der Waals surface area contributed by atoms with Gasteiger partial charge in [-0.3, -0.25) is 9.59 Å². The van der Waals surface area contributed by atoms with Gasteiger partial charge in [0.2, 0.25) is 5.91 Å². The van der Waals surface area contributed by atoms with Crippen LogP contribution in [0.3, 0.4) is 0 Å². The van der Waals surface area contributed by atoms with Gasteiger partial charge in [0.1, 0.15) is 0 Å². The molecule has 2 N–H and O–H groups in total. The Morgan fingerprint density at radius 1 is 1.41 bits per heavy atom. The highest BCUT2D eigenvalue weighted by Gasteiger charge is 2.35. The van der Waals surface area contributed by atoms with Crippen LogP contribution in [0.25, 0.3) is 0 Å². The number of hydrogen-bond acceptors (Lipinski definition) is 2. The fourth-order valence-electron chi connectivity index (χ4n) is 2.40. The summed E-state index contributed by atoms with van der Waals surface area (Å²) in [6, 6.07) is 0.0244. The second-order valence-corrected chi connectivity index (χ2v) is 4.77. The number of amides is 1. The van der Waals surface area contributed by atoms with Gasteiger partial charge in [-0.2, -0.15) is 0 Å². The zero-order chi connectivity index (χ0) is 12.8. The standard InChI is InChI=1S/C13H21NO3/c1-3-6-9(2)14-12(15)10-7-4-5-8-11(10)13(16)17/h3,9-11H,1,4-8H2,2H3,(H,14,15)(H,16,17). The van der Waals surface area contributed by atoms with Crippen molar-refractivity contribution in [1.29, 1.82) is 0 Å². The van der Waals surface area contributed by atoms with Crippen LogP contribution in [-0.2, 0) is 9.59 Å². The lowest BCUT2D eigenvalue weighted by atomic mass is 9.78. The first kappa shape index (κ1) is 13.7. The summed E-state index contributed by atoms with van der Waals surface area (Å²) in [5.41, 5.74) is 0. The van der Waals surface area contributed by atoms with Crippen LogP contribution in [0.1, 0.15) is 39.0 Å². The Labute approximate surface area is 102 Å². The zero-order valence-corrected chi connectivity index (χ0v) is 10.3. The normalized spacial score (nSPS) is 25.9. The molecule has 1 rings (SSSR count). The first-order chi connectivity index (χ1) is 8.06. The number of aliphatic carboxylic acids is 1. The van der Waals surface area contributed by atoms with Gasteiger partial charge in [-0.1, -0.05) is 18.9 Å². The largest absolute Gasteiger partial charge is 0.481 e. The van der Waals surface area contributed by atoms with Crippen molar-refractivity contribution in [3.8, 4) is 0 Å². The minimum absolute atomic E-state index is 0.0244. The van der Waals surface area contributed by atoms with Gasteiger partial charge in [-0.05, 0) is 26.2 Å². The van der Waals surface area contributed by atoms with Gasteiger partial charge >= 0.3 is 5.97 Å². The molecular weight excluding hydrogens is 218 g/mol. The van der Waals surface area contributed by atoms with E-state index >= 15 is 0 Å². The van der Waals surface area contributed by atoms with Gasteiger partial charge in [-0.15, -0.1) is 6.58 Å². The average molecular weight is 239 g/mol. The number of carbonyl (C=O) groups excluding carboxylic acids is 1. The molecule has 0 radical (unpaired) electrons.